The first kappa shape index (κ1) is 18.5. The Kier molecular flexibility index (Phi) is 7.85. The summed E-state index contributed by atoms with van der Waals surface area (Å²) in [5.74, 6) is 0.884. The Morgan fingerprint density at radius 2 is 2.12 bits per heavy atom. The average molecular weight is 333 g/mol. The molecule has 0 amide bonds. The van der Waals surface area contributed by atoms with E-state index in [2.05, 4.69) is 62.8 Å². The van der Waals surface area contributed by atoms with Crippen LogP contribution in [0.1, 0.15) is 6.42 Å². The molecule has 1 aliphatic rings. The van der Waals surface area contributed by atoms with Crippen LogP contribution < -0.4 is 15.5 Å². The van der Waals surface area contributed by atoms with Gasteiger partial charge in [0.15, 0.2) is 5.96 Å². The first-order valence-corrected chi connectivity index (χ1v) is 8.67. The molecule has 0 saturated carbocycles. The fourth-order valence-corrected chi connectivity index (χ4v) is 2.86. The van der Waals surface area contributed by atoms with Gasteiger partial charge in [-0.05, 0) is 25.6 Å². The molecule has 2 rings (SSSR count). The van der Waals surface area contributed by atoms with E-state index < -0.39 is 0 Å². The van der Waals surface area contributed by atoms with E-state index in [0.29, 0.717) is 6.04 Å². The lowest BCUT2D eigenvalue weighted by Crippen LogP contribution is -2.46. The number of rotatable bonds is 8. The second kappa shape index (κ2) is 10.2. The van der Waals surface area contributed by atoms with Crippen LogP contribution in [0.2, 0.25) is 0 Å². The number of guanidine groups is 1. The van der Waals surface area contributed by atoms with Crippen molar-refractivity contribution >= 4 is 11.6 Å². The zero-order valence-corrected chi connectivity index (χ0v) is 15.2. The number of anilines is 1. The summed E-state index contributed by atoms with van der Waals surface area (Å²) < 4.78 is 5.09. The van der Waals surface area contributed by atoms with Crippen LogP contribution in [-0.4, -0.2) is 77.4 Å². The second-order valence-electron chi connectivity index (χ2n) is 6.21. The van der Waals surface area contributed by atoms with E-state index in [-0.39, 0.29) is 0 Å². The second-order valence-corrected chi connectivity index (χ2v) is 6.21. The van der Waals surface area contributed by atoms with Crippen molar-refractivity contribution in [2.75, 3.05) is 65.4 Å². The van der Waals surface area contributed by atoms with Crippen LogP contribution in [0.3, 0.4) is 0 Å². The van der Waals surface area contributed by atoms with Gasteiger partial charge in [0, 0.05) is 58.6 Å². The molecule has 134 valence electrons. The number of nitrogens with one attached hydrogen (secondary N) is 2. The molecular formula is C18H31N5O. The molecule has 1 aliphatic heterocycles. The highest BCUT2D eigenvalue weighted by atomic mass is 16.5. The Bertz CT molecular complexity index is 493. The van der Waals surface area contributed by atoms with Gasteiger partial charge in [-0.3, -0.25) is 4.99 Å². The van der Waals surface area contributed by atoms with Crippen LogP contribution >= 0.6 is 0 Å². The summed E-state index contributed by atoms with van der Waals surface area (Å²) in [6.45, 7) is 5.64. The molecule has 6 heteroatoms. The van der Waals surface area contributed by atoms with Crippen LogP contribution in [0, 0.1) is 0 Å². The lowest BCUT2D eigenvalue weighted by atomic mass is 10.3. The van der Waals surface area contributed by atoms with Crippen molar-refractivity contribution in [2.24, 2.45) is 4.99 Å². The van der Waals surface area contributed by atoms with Crippen LogP contribution in [0.25, 0.3) is 0 Å². The molecule has 0 radical (unpaired) electrons. The largest absolute Gasteiger partial charge is 0.383 e. The summed E-state index contributed by atoms with van der Waals surface area (Å²) in [4.78, 5) is 9.01. The topological polar surface area (TPSA) is 52.1 Å². The van der Waals surface area contributed by atoms with Gasteiger partial charge in [-0.15, -0.1) is 0 Å². The van der Waals surface area contributed by atoms with Crippen molar-refractivity contribution in [2.45, 2.75) is 12.5 Å². The Balaban J connectivity index is 1.70. The minimum atomic E-state index is 0.433. The van der Waals surface area contributed by atoms with E-state index in [0.717, 1.165) is 51.7 Å². The summed E-state index contributed by atoms with van der Waals surface area (Å²) in [7, 11) is 5.66. The number of likely N-dealkylation sites (N-methyl/N-ethyl adjacent to an activating group) is 1. The van der Waals surface area contributed by atoms with Gasteiger partial charge in [0.1, 0.15) is 0 Å². The molecule has 0 aromatic heterocycles. The molecule has 0 spiro atoms. The van der Waals surface area contributed by atoms with Gasteiger partial charge in [-0.2, -0.15) is 0 Å². The first-order chi connectivity index (χ1) is 11.7. The van der Waals surface area contributed by atoms with Gasteiger partial charge in [0.25, 0.3) is 0 Å². The van der Waals surface area contributed by atoms with E-state index >= 15 is 0 Å². The third-order valence-electron chi connectivity index (χ3n) is 4.34. The lowest BCUT2D eigenvalue weighted by molar-refractivity contribution is 0.162. The molecule has 6 nitrogen and oxygen atoms in total. The average Bonchev–Trinajstić information content (AvgIpc) is 3.08. The monoisotopic (exact) mass is 333 g/mol. The summed E-state index contributed by atoms with van der Waals surface area (Å²) in [5.41, 5.74) is 1.30. The van der Waals surface area contributed by atoms with E-state index in [9.17, 15) is 0 Å². The number of para-hydroxylation sites is 1. The SMILES string of the molecule is CN=C(NCCN(C)CCOC)NC1CCN(c2ccccc2)C1. The van der Waals surface area contributed by atoms with Crippen molar-refractivity contribution in [1.29, 1.82) is 0 Å². The Labute approximate surface area is 145 Å². The summed E-state index contributed by atoms with van der Waals surface area (Å²) >= 11 is 0. The van der Waals surface area contributed by atoms with Crippen molar-refractivity contribution in [3.05, 3.63) is 30.3 Å². The maximum atomic E-state index is 5.09. The molecule has 1 fully saturated rings. The molecule has 2 N–H and O–H groups in total. The standard InChI is InChI=1S/C18H31N5O/c1-19-18(20-10-12-22(2)13-14-24-3)21-16-9-11-23(15-16)17-7-5-4-6-8-17/h4-8,16H,9-15H2,1-3H3,(H2,19,20,21). The fourth-order valence-electron chi connectivity index (χ4n) is 2.86. The van der Waals surface area contributed by atoms with Crippen LogP contribution in [0.5, 0.6) is 0 Å². The van der Waals surface area contributed by atoms with Crippen LogP contribution in [0.15, 0.2) is 35.3 Å². The van der Waals surface area contributed by atoms with E-state index in [1.165, 1.54) is 5.69 Å². The molecule has 1 unspecified atom stereocenters. The van der Waals surface area contributed by atoms with Crippen molar-refractivity contribution in [3.8, 4) is 0 Å². The Morgan fingerprint density at radius 3 is 2.83 bits per heavy atom. The highest BCUT2D eigenvalue weighted by molar-refractivity contribution is 5.80. The molecular weight excluding hydrogens is 302 g/mol. The fraction of sp³-hybridized carbons (Fsp3) is 0.611. The van der Waals surface area contributed by atoms with Gasteiger partial charge in [0.05, 0.1) is 6.61 Å². The molecule has 1 heterocycles. The minimum Gasteiger partial charge on any atom is -0.383 e. The predicted molar refractivity (Wildman–Crippen MR) is 101 cm³/mol. The normalized spacial score (nSPS) is 18.2. The highest BCUT2D eigenvalue weighted by Crippen LogP contribution is 2.19. The van der Waals surface area contributed by atoms with Crippen LogP contribution in [0.4, 0.5) is 5.69 Å². The molecule has 1 aromatic rings. The number of hydrogen-bond acceptors (Lipinski definition) is 4. The summed E-state index contributed by atoms with van der Waals surface area (Å²) in [6.07, 6.45) is 1.13. The molecule has 1 saturated heterocycles. The van der Waals surface area contributed by atoms with Crippen molar-refractivity contribution in [3.63, 3.8) is 0 Å². The maximum Gasteiger partial charge on any atom is 0.191 e. The van der Waals surface area contributed by atoms with Crippen LogP contribution in [-0.2, 0) is 4.74 Å². The van der Waals surface area contributed by atoms with E-state index in [1.54, 1.807) is 7.11 Å². The third-order valence-corrected chi connectivity index (χ3v) is 4.34. The zero-order chi connectivity index (χ0) is 17.2. The number of hydrogen-bond donors (Lipinski definition) is 2. The van der Waals surface area contributed by atoms with E-state index in [1.807, 2.05) is 7.05 Å². The van der Waals surface area contributed by atoms with Crippen molar-refractivity contribution in [1.82, 2.24) is 15.5 Å². The third kappa shape index (κ3) is 6.02. The van der Waals surface area contributed by atoms with Gasteiger partial charge in [-0.1, -0.05) is 18.2 Å². The maximum absolute atomic E-state index is 5.09. The van der Waals surface area contributed by atoms with Gasteiger partial charge in [0.2, 0.25) is 0 Å². The first-order valence-electron chi connectivity index (χ1n) is 8.67. The quantitative estimate of drug-likeness (QED) is 0.549. The number of ether oxygens (including phenoxy) is 1. The number of benzene rings is 1. The highest BCUT2D eigenvalue weighted by Gasteiger charge is 2.23. The van der Waals surface area contributed by atoms with Gasteiger partial charge in [-0.25, -0.2) is 0 Å². The summed E-state index contributed by atoms with van der Waals surface area (Å²) in [6, 6.07) is 11.0. The number of nitrogens with zero attached hydrogens (tertiary/aromatic N) is 3. The number of aliphatic imine (C=N–C) groups is 1. The van der Waals surface area contributed by atoms with Gasteiger partial charge < -0.3 is 25.2 Å². The predicted octanol–water partition coefficient (Wildman–Crippen LogP) is 1.01. The van der Waals surface area contributed by atoms with Crippen molar-refractivity contribution < 1.29 is 4.74 Å². The Hall–Kier alpha value is -1.79. The smallest absolute Gasteiger partial charge is 0.191 e. The number of methoxy groups -OCH3 is 1. The van der Waals surface area contributed by atoms with E-state index in [4.69, 9.17) is 4.74 Å². The molecule has 24 heavy (non-hydrogen) atoms. The zero-order valence-electron chi connectivity index (χ0n) is 15.2. The molecule has 1 aromatic carbocycles. The molecule has 0 aliphatic carbocycles. The Morgan fingerprint density at radius 1 is 1.33 bits per heavy atom. The molecule has 0 bridgehead atoms. The minimum absolute atomic E-state index is 0.433. The van der Waals surface area contributed by atoms with Gasteiger partial charge >= 0.3 is 0 Å². The molecule has 1 atom stereocenters. The lowest BCUT2D eigenvalue weighted by Gasteiger charge is -2.21. The summed E-state index contributed by atoms with van der Waals surface area (Å²) in [5, 5.41) is 6.93.